The molecule has 0 bridgehead atoms. The second-order valence-electron chi connectivity index (χ2n) is 1.76. The summed E-state index contributed by atoms with van der Waals surface area (Å²) in [6.07, 6.45) is 0. The first-order valence-corrected chi connectivity index (χ1v) is 6.09. The molecule has 0 radical (unpaired) electrons. The fraction of sp³-hybridized carbons (Fsp3) is 0. The zero-order valence-corrected chi connectivity index (χ0v) is 8.87. The summed E-state index contributed by atoms with van der Waals surface area (Å²) in [5, 5.41) is 0. The number of halogens is 5. The summed E-state index contributed by atoms with van der Waals surface area (Å²) in [4.78, 5) is 0. The van der Waals surface area contributed by atoms with Gasteiger partial charge in [0.25, 0.3) is 0 Å². The third kappa shape index (κ3) is 2.33. The summed E-state index contributed by atoms with van der Waals surface area (Å²) in [6.45, 7) is 0. The maximum absolute atomic E-state index is 12.4. The molecule has 0 saturated carbocycles. The molecule has 0 heterocycles. The molecule has 1 rings (SSSR count). The molecule has 0 N–H and O–H groups in total. The monoisotopic (exact) mass is 338 g/mol. The van der Waals surface area contributed by atoms with Gasteiger partial charge in [0.2, 0.25) is 0 Å². The Labute approximate surface area is 78.9 Å². The molecule has 0 nitrogen and oxygen atoms in total. The summed E-state index contributed by atoms with van der Waals surface area (Å²) in [5.74, 6) is -0.502. The van der Waals surface area contributed by atoms with Crippen molar-refractivity contribution in [2.24, 2.45) is 0 Å². The zero-order chi connectivity index (χ0) is 8.43. The second kappa shape index (κ2) is 3.75. The molecular weight excluding hydrogens is 336 g/mol. The van der Waals surface area contributed by atoms with E-state index in [1.54, 1.807) is 0 Å². The Morgan fingerprint density at radius 2 is 1.91 bits per heavy atom. The average molecular weight is 339 g/mol. The SMILES string of the molecule is Fc1ccc(I(F)F)c(Br)c1. The van der Waals surface area contributed by atoms with E-state index in [9.17, 15) is 10.1 Å². The van der Waals surface area contributed by atoms with Crippen molar-refractivity contribution in [3.8, 4) is 0 Å². The molecule has 1 aromatic rings. The number of hydrogen-bond acceptors (Lipinski definition) is 0. The number of benzene rings is 1. The van der Waals surface area contributed by atoms with E-state index in [4.69, 9.17) is 0 Å². The molecule has 0 aliphatic heterocycles. The first-order chi connectivity index (χ1) is 5.11. The Balaban J connectivity index is 3.09. The van der Waals surface area contributed by atoms with Gasteiger partial charge in [-0.15, -0.1) is 0 Å². The fourth-order valence-electron chi connectivity index (χ4n) is 0.586. The second-order valence-corrected chi connectivity index (χ2v) is 4.90. The van der Waals surface area contributed by atoms with E-state index >= 15 is 0 Å². The van der Waals surface area contributed by atoms with Gasteiger partial charge in [0.15, 0.2) is 0 Å². The van der Waals surface area contributed by atoms with Crippen molar-refractivity contribution >= 4 is 36.9 Å². The van der Waals surface area contributed by atoms with Crippen LogP contribution >= 0.6 is 36.9 Å². The topological polar surface area (TPSA) is 0 Å². The summed E-state index contributed by atoms with van der Waals surface area (Å²) in [6, 6.07) is 3.23. The van der Waals surface area contributed by atoms with Gasteiger partial charge in [-0.2, -0.15) is 0 Å². The molecule has 0 aromatic heterocycles. The Kier molecular flexibility index (Phi) is 3.17. The zero-order valence-electron chi connectivity index (χ0n) is 5.12. The molecule has 0 saturated heterocycles. The predicted octanol–water partition coefficient (Wildman–Crippen LogP) is 4.03. The van der Waals surface area contributed by atoms with Crippen molar-refractivity contribution in [2.45, 2.75) is 0 Å². The molecule has 1 aromatic carbocycles. The standard InChI is InChI=1S/C6H3BrF3I/c7-5-3-4(8)1-2-6(5)11(9)10/h1-3H. The minimum absolute atomic E-state index is 0.0319. The molecule has 11 heavy (non-hydrogen) atoms. The van der Waals surface area contributed by atoms with Crippen LogP contribution in [0.15, 0.2) is 22.7 Å². The molecule has 0 unspecified atom stereocenters. The molecular formula is C6H3BrF3I. The molecule has 0 atom stereocenters. The third-order valence-corrected chi connectivity index (χ3v) is 4.25. The first kappa shape index (κ1) is 9.31. The maximum atomic E-state index is 12.4. The summed E-state index contributed by atoms with van der Waals surface area (Å²) >= 11 is -1.09. The Hall–Kier alpha value is 0.220. The van der Waals surface area contributed by atoms with Crippen molar-refractivity contribution < 1.29 is 10.1 Å². The van der Waals surface area contributed by atoms with Crippen LogP contribution in [0.25, 0.3) is 0 Å². The van der Waals surface area contributed by atoms with Gasteiger partial charge in [-0.3, -0.25) is 0 Å². The van der Waals surface area contributed by atoms with Crippen LogP contribution in [0, 0.1) is 9.39 Å². The molecule has 0 aliphatic carbocycles. The van der Waals surface area contributed by atoms with Crippen LogP contribution < -0.4 is 0 Å². The van der Waals surface area contributed by atoms with E-state index in [1.165, 1.54) is 0 Å². The van der Waals surface area contributed by atoms with Gasteiger partial charge in [-0.25, -0.2) is 0 Å². The Morgan fingerprint density at radius 1 is 1.27 bits per heavy atom. The van der Waals surface area contributed by atoms with Crippen LogP contribution in [0.2, 0.25) is 0 Å². The van der Waals surface area contributed by atoms with Crippen LogP contribution in [-0.4, -0.2) is 0 Å². The van der Waals surface area contributed by atoms with Gasteiger partial charge in [-0.05, 0) is 0 Å². The number of hydrogen-bond donors (Lipinski definition) is 0. The summed E-state index contributed by atoms with van der Waals surface area (Å²) in [7, 11) is 0. The van der Waals surface area contributed by atoms with E-state index in [-0.39, 0.29) is 8.04 Å². The first-order valence-electron chi connectivity index (χ1n) is 2.59. The van der Waals surface area contributed by atoms with E-state index in [0.29, 0.717) is 0 Å². The fourth-order valence-corrected chi connectivity index (χ4v) is 2.69. The van der Waals surface area contributed by atoms with Crippen molar-refractivity contribution in [3.63, 3.8) is 0 Å². The van der Waals surface area contributed by atoms with Gasteiger partial charge in [0, 0.05) is 0 Å². The normalized spacial score (nSPS) is 11.5. The van der Waals surface area contributed by atoms with Crippen LogP contribution in [0.3, 0.4) is 0 Å². The molecule has 62 valence electrons. The van der Waals surface area contributed by atoms with Gasteiger partial charge >= 0.3 is 79.1 Å². The summed E-state index contributed by atoms with van der Waals surface area (Å²) < 4.78 is 36.8. The van der Waals surface area contributed by atoms with Gasteiger partial charge in [-0.1, -0.05) is 0 Å². The average Bonchev–Trinajstić information content (AvgIpc) is 1.85. The third-order valence-electron chi connectivity index (χ3n) is 1.04. The molecule has 0 amide bonds. The van der Waals surface area contributed by atoms with Crippen molar-refractivity contribution in [2.75, 3.05) is 0 Å². The van der Waals surface area contributed by atoms with Gasteiger partial charge in [0.05, 0.1) is 0 Å². The van der Waals surface area contributed by atoms with E-state index in [2.05, 4.69) is 15.9 Å². The van der Waals surface area contributed by atoms with Crippen LogP contribution in [-0.2, 0) is 0 Å². The van der Waals surface area contributed by atoms with Crippen LogP contribution in [0.4, 0.5) is 10.1 Å². The predicted molar refractivity (Wildman–Crippen MR) is 49.0 cm³/mol. The quantitative estimate of drug-likeness (QED) is 0.535. The van der Waals surface area contributed by atoms with Crippen molar-refractivity contribution in [1.82, 2.24) is 0 Å². The minimum atomic E-state index is -3.96. The molecule has 0 fully saturated rings. The Morgan fingerprint density at radius 3 is 2.36 bits per heavy atom. The van der Waals surface area contributed by atoms with Crippen molar-refractivity contribution in [1.29, 1.82) is 0 Å². The molecule has 0 spiro atoms. The van der Waals surface area contributed by atoms with E-state index in [0.717, 1.165) is 18.2 Å². The van der Waals surface area contributed by atoms with E-state index in [1.807, 2.05) is 0 Å². The van der Waals surface area contributed by atoms with E-state index < -0.39 is 26.8 Å². The molecule has 0 aliphatic rings. The summed E-state index contributed by atoms with van der Waals surface area (Å²) in [5.41, 5.74) is 0. The van der Waals surface area contributed by atoms with Gasteiger partial charge < -0.3 is 0 Å². The van der Waals surface area contributed by atoms with Crippen LogP contribution in [0.1, 0.15) is 0 Å². The molecule has 5 heteroatoms. The van der Waals surface area contributed by atoms with Crippen LogP contribution in [0.5, 0.6) is 0 Å². The Bertz CT molecular complexity index is 264. The number of rotatable bonds is 1. The van der Waals surface area contributed by atoms with Crippen molar-refractivity contribution in [3.05, 3.63) is 32.1 Å². The van der Waals surface area contributed by atoms with Gasteiger partial charge in [0.1, 0.15) is 0 Å².